The lowest BCUT2D eigenvalue weighted by Crippen LogP contribution is -2.37. The lowest BCUT2D eigenvalue weighted by Gasteiger charge is -2.31. The summed E-state index contributed by atoms with van der Waals surface area (Å²) in [6.07, 6.45) is 47.4. The molecule has 4 aliphatic rings. The minimum Gasteiger partial charge on any atom is -0.310 e. The van der Waals surface area contributed by atoms with Crippen LogP contribution in [-0.2, 0) is 9.59 Å². The summed E-state index contributed by atoms with van der Waals surface area (Å²) in [5, 5.41) is 4.83. The number of benzene rings is 2. The first-order chi connectivity index (χ1) is 43.8. The molecule has 6 nitrogen and oxygen atoms in total. The van der Waals surface area contributed by atoms with Crippen molar-refractivity contribution in [3.05, 3.63) is 117 Å². The van der Waals surface area contributed by atoms with Gasteiger partial charge in [0.25, 0.3) is 11.8 Å². The van der Waals surface area contributed by atoms with Crippen LogP contribution in [0.4, 0.5) is 0 Å². The van der Waals surface area contributed by atoms with Crippen molar-refractivity contribution in [3.8, 4) is 19.6 Å². The van der Waals surface area contributed by atoms with Crippen molar-refractivity contribution in [1.82, 2.24) is 14.8 Å². The molecule has 4 aromatic heterocycles. The number of thiazole rings is 1. The number of carbonyl (C=O) groups excluding carboxylic acids is 2. The van der Waals surface area contributed by atoms with Crippen LogP contribution in [0.25, 0.3) is 45.5 Å². The molecule has 6 aromatic rings. The topological polar surface area (TPSA) is 65.9 Å². The molecule has 4 atom stereocenters. The summed E-state index contributed by atoms with van der Waals surface area (Å²) in [4.78, 5) is 54.6. The maximum Gasteiger partial charge on any atom is 0.261 e. The number of unbranched alkanes of at least 4 members (excludes halogenated alkanes) is 25. The molecule has 12 heteroatoms. The highest BCUT2D eigenvalue weighted by Crippen LogP contribution is 2.54. The average molecular weight is 1310 g/mol. The summed E-state index contributed by atoms with van der Waals surface area (Å²) in [6.45, 7) is 11.1. The summed E-state index contributed by atoms with van der Waals surface area (Å²) in [6, 6.07) is 26.6. The van der Waals surface area contributed by atoms with Crippen molar-refractivity contribution >= 4 is 112 Å². The van der Waals surface area contributed by atoms with E-state index in [0.29, 0.717) is 47.9 Å². The molecule has 10 rings (SSSR count). The van der Waals surface area contributed by atoms with Crippen molar-refractivity contribution in [1.29, 1.82) is 0 Å². The second kappa shape index (κ2) is 36.0. The molecular weight excluding hydrogens is 1210 g/mol. The minimum atomic E-state index is -0.133. The Bertz CT molecular complexity index is 3250. The predicted molar refractivity (Wildman–Crippen MR) is 394 cm³/mol. The van der Waals surface area contributed by atoms with Crippen molar-refractivity contribution in [2.45, 2.75) is 257 Å². The van der Waals surface area contributed by atoms with Crippen LogP contribution in [0.1, 0.15) is 261 Å². The van der Waals surface area contributed by atoms with Crippen LogP contribution >= 0.6 is 68.9 Å². The normalized spacial score (nSPS) is 17.7. The number of allylic oxidation sites excluding steroid dienone is 1. The summed E-state index contributed by atoms with van der Waals surface area (Å²) in [5.41, 5.74) is 3.03. The van der Waals surface area contributed by atoms with E-state index in [1.54, 1.807) is 22.7 Å². The van der Waals surface area contributed by atoms with E-state index in [1.165, 1.54) is 219 Å². The second-order valence-electron chi connectivity index (χ2n) is 26.2. The molecule has 2 aromatic carbocycles. The molecule has 0 fully saturated rings. The number of aliphatic imine (C=N–C) groups is 1. The van der Waals surface area contributed by atoms with Gasteiger partial charge in [-0.05, 0) is 91.1 Å². The zero-order chi connectivity index (χ0) is 61.6. The van der Waals surface area contributed by atoms with Crippen LogP contribution in [0.2, 0.25) is 0 Å². The number of thioether (sulfide) groups is 2. The first-order valence-corrected chi connectivity index (χ1v) is 40.6. The van der Waals surface area contributed by atoms with Crippen molar-refractivity contribution in [3.63, 3.8) is 0 Å². The first kappa shape index (κ1) is 68.1. The van der Waals surface area contributed by atoms with Gasteiger partial charge in [0, 0.05) is 53.5 Å². The Morgan fingerprint density at radius 2 is 0.989 bits per heavy atom. The number of amides is 2. The lowest BCUT2D eigenvalue weighted by molar-refractivity contribution is -0.125. The second-order valence-corrected chi connectivity index (χ2v) is 33.0. The van der Waals surface area contributed by atoms with Gasteiger partial charge in [-0.3, -0.25) is 14.6 Å². The quantitative estimate of drug-likeness (QED) is 0.0357. The zero-order valence-electron chi connectivity index (χ0n) is 54.6. The molecule has 0 saturated carbocycles. The Morgan fingerprint density at radius 1 is 0.472 bits per heavy atom. The smallest absolute Gasteiger partial charge is 0.261 e. The van der Waals surface area contributed by atoms with E-state index in [1.807, 2.05) is 52.4 Å². The van der Waals surface area contributed by atoms with E-state index >= 15 is 9.59 Å². The van der Waals surface area contributed by atoms with Gasteiger partial charge in [0.1, 0.15) is 10.1 Å². The fourth-order valence-corrected chi connectivity index (χ4v) is 21.1. The molecule has 89 heavy (non-hydrogen) atoms. The molecule has 8 heterocycles. The van der Waals surface area contributed by atoms with Gasteiger partial charge >= 0.3 is 0 Å². The van der Waals surface area contributed by atoms with Crippen molar-refractivity contribution in [2.24, 2.45) is 16.8 Å². The number of fused-ring (bicyclic) bond motifs is 3. The molecule has 0 saturated heterocycles. The molecular formula is C77H104N4O2S6. The number of thiophene rings is 3. The van der Waals surface area contributed by atoms with E-state index in [4.69, 9.17) is 9.98 Å². The van der Waals surface area contributed by atoms with Gasteiger partial charge in [-0.2, -0.15) is 0 Å². The fourth-order valence-electron chi connectivity index (χ4n) is 14.1. The molecule has 4 unspecified atom stereocenters. The summed E-state index contributed by atoms with van der Waals surface area (Å²) < 4.78 is 2.64. The first-order valence-electron chi connectivity index (χ1n) is 35.6. The van der Waals surface area contributed by atoms with Crippen LogP contribution in [0, 0.1) is 11.8 Å². The third kappa shape index (κ3) is 18.5. The highest BCUT2D eigenvalue weighted by molar-refractivity contribution is 8.18. The molecule has 0 aliphatic carbocycles. The number of rotatable bonds is 43. The van der Waals surface area contributed by atoms with Gasteiger partial charge in [0.15, 0.2) is 0 Å². The van der Waals surface area contributed by atoms with Crippen molar-refractivity contribution in [2.75, 3.05) is 19.6 Å². The van der Waals surface area contributed by atoms with Crippen LogP contribution in [0.15, 0.2) is 112 Å². The molecule has 0 spiro atoms. The zero-order valence-corrected chi connectivity index (χ0v) is 59.5. The SMILES string of the molecule is CCCCCCCCCCCCC(CCCCCCCCCC)CN1C(=O)C2=C(C3CN=C(C4=CCC(c5cc6ccccc6s5)S4)S3)N(CC(CCC)CCCCCCCCCCCC)C(=O)C2=C1c1cnc(-c2ccc(-c3cc4ccccc4s3)s2)s1. The van der Waals surface area contributed by atoms with Gasteiger partial charge in [0.05, 0.1) is 44.1 Å². The number of hydrogen-bond acceptors (Lipinski definition) is 10. The Balaban J connectivity index is 0.952. The van der Waals surface area contributed by atoms with Crippen LogP contribution in [0.5, 0.6) is 0 Å². The Kier molecular flexibility index (Phi) is 27.6. The largest absolute Gasteiger partial charge is 0.310 e. The number of nitrogens with zero attached hydrogens (tertiary/aromatic N) is 4. The van der Waals surface area contributed by atoms with Gasteiger partial charge in [0.2, 0.25) is 0 Å². The Morgan fingerprint density at radius 3 is 1.56 bits per heavy atom. The summed E-state index contributed by atoms with van der Waals surface area (Å²) in [7, 11) is 0. The maximum atomic E-state index is 16.3. The molecule has 2 amide bonds. The number of aromatic nitrogens is 1. The minimum absolute atomic E-state index is 0.0193. The highest BCUT2D eigenvalue weighted by atomic mass is 32.2. The Hall–Kier alpha value is -3.78. The van der Waals surface area contributed by atoms with E-state index in [9.17, 15) is 0 Å². The molecule has 4 aliphatic heterocycles. The molecule has 480 valence electrons. The molecule has 0 radical (unpaired) electrons. The lowest BCUT2D eigenvalue weighted by atomic mass is 9.93. The summed E-state index contributed by atoms with van der Waals surface area (Å²) in [5.74, 6) is 0.742. The van der Waals surface area contributed by atoms with Crippen LogP contribution in [-0.4, -0.2) is 56.5 Å². The van der Waals surface area contributed by atoms with E-state index < -0.39 is 0 Å². The maximum absolute atomic E-state index is 16.3. The van der Waals surface area contributed by atoms with E-state index in [2.05, 4.69) is 116 Å². The molecule has 0 bridgehead atoms. The third-order valence-electron chi connectivity index (χ3n) is 19.1. The Labute approximate surface area is 560 Å². The van der Waals surface area contributed by atoms with Crippen LogP contribution < -0.4 is 0 Å². The average Bonchev–Trinajstić information content (AvgIpc) is 1.81. The number of carbonyl (C=O) groups is 2. The van der Waals surface area contributed by atoms with Gasteiger partial charge in [-0.15, -0.1) is 57.1 Å². The third-order valence-corrected chi connectivity index (χ3v) is 26.8. The highest BCUT2D eigenvalue weighted by Gasteiger charge is 2.52. The predicted octanol–water partition coefficient (Wildman–Crippen LogP) is 25.1. The van der Waals surface area contributed by atoms with Crippen LogP contribution in [0.3, 0.4) is 0 Å². The van der Waals surface area contributed by atoms with Gasteiger partial charge in [-0.25, -0.2) is 4.98 Å². The summed E-state index contributed by atoms with van der Waals surface area (Å²) >= 11 is 11.0. The standard InChI is InChI=1S/C77H104N4O2S6/c1-5-9-12-15-18-21-23-26-28-31-39-56(38-8-4)54-80-72(68-52-78-74(88-68)64-48-46-62(86-64)66-50-58-42-34-36-44-60(58)84-66)70-71(76(80)82)73(69-53-79-75(89-69)65-49-47-63(87-65)67-51-59-43-35-37-45-61(59)85-67)81(77(70)83)55-57(40-32-29-25-20-17-14-11-7-3)41-33-30-27-24-22-19-16-13-10-6-2/h34-37,42-45,47-51,53,56-57,62,68H,5-33,38-41,46,52,54-55H2,1-4H3. The van der Waals surface area contributed by atoms with Gasteiger partial charge in [-0.1, -0.05) is 268 Å². The van der Waals surface area contributed by atoms with Gasteiger partial charge < -0.3 is 9.80 Å². The fraction of sp³-hybridized carbons (Fsp3) is 0.584. The van der Waals surface area contributed by atoms with E-state index in [-0.39, 0.29) is 17.1 Å². The molecule has 0 N–H and O–H groups in total. The van der Waals surface area contributed by atoms with E-state index in [0.717, 1.165) is 69.7 Å². The van der Waals surface area contributed by atoms with Crippen molar-refractivity contribution < 1.29 is 9.59 Å². The monoisotopic (exact) mass is 1310 g/mol. The number of hydrogen-bond donors (Lipinski definition) is 0.